The molecule has 0 saturated carbocycles. The third kappa shape index (κ3) is 6.45. The number of nitriles is 2. The molecular formula is C34H34FN5O4. The van der Waals surface area contributed by atoms with E-state index >= 15 is 0 Å². The Hall–Kier alpha value is -5.09. The van der Waals surface area contributed by atoms with Crippen molar-refractivity contribution in [1.29, 1.82) is 10.5 Å². The molecule has 2 aliphatic rings. The predicted molar refractivity (Wildman–Crippen MR) is 164 cm³/mol. The van der Waals surface area contributed by atoms with E-state index in [-0.39, 0.29) is 41.8 Å². The number of carbonyl (C=O) groups is 1. The third-order valence-corrected chi connectivity index (χ3v) is 8.11. The molecule has 2 aliphatic heterocycles. The molecule has 0 unspecified atom stereocenters. The molecule has 3 aromatic rings. The van der Waals surface area contributed by atoms with Crippen LogP contribution >= 0.6 is 0 Å². The zero-order valence-corrected chi connectivity index (χ0v) is 25.0. The Balaban J connectivity index is 1.29. The number of esters is 1. The van der Waals surface area contributed by atoms with Gasteiger partial charge in [-0.25, -0.2) is 4.39 Å². The summed E-state index contributed by atoms with van der Waals surface area (Å²) >= 11 is 0. The molecule has 2 atom stereocenters. The molecule has 0 radical (unpaired) electrons. The number of hydrogen-bond acceptors (Lipinski definition) is 9. The van der Waals surface area contributed by atoms with E-state index in [4.69, 9.17) is 19.3 Å². The van der Waals surface area contributed by atoms with E-state index < -0.39 is 0 Å². The maximum atomic E-state index is 14.5. The summed E-state index contributed by atoms with van der Waals surface area (Å²) in [5.41, 5.74) is 3.34. The highest BCUT2D eigenvalue weighted by Crippen LogP contribution is 2.35. The van der Waals surface area contributed by atoms with Gasteiger partial charge in [-0.05, 0) is 61.0 Å². The molecule has 0 bridgehead atoms. The van der Waals surface area contributed by atoms with E-state index in [9.17, 15) is 19.7 Å². The first-order valence-corrected chi connectivity index (χ1v) is 14.7. The Labute approximate surface area is 256 Å². The first-order chi connectivity index (χ1) is 21.3. The monoisotopic (exact) mass is 595 g/mol. The second-order valence-electron chi connectivity index (χ2n) is 10.8. The van der Waals surface area contributed by atoms with Crippen LogP contribution in [-0.4, -0.2) is 50.6 Å². The van der Waals surface area contributed by atoms with Gasteiger partial charge in [-0.2, -0.15) is 15.6 Å². The summed E-state index contributed by atoms with van der Waals surface area (Å²) in [6.07, 6.45) is 1.60. The number of piperidine rings is 1. The van der Waals surface area contributed by atoms with Crippen molar-refractivity contribution >= 4 is 23.1 Å². The molecule has 2 heterocycles. The zero-order valence-electron chi connectivity index (χ0n) is 25.0. The van der Waals surface area contributed by atoms with Gasteiger partial charge in [0.25, 0.3) is 0 Å². The van der Waals surface area contributed by atoms with Crippen LogP contribution in [-0.2, 0) is 9.53 Å². The topological polar surface area (TPSA) is 111 Å². The van der Waals surface area contributed by atoms with Gasteiger partial charge >= 0.3 is 5.97 Å². The van der Waals surface area contributed by atoms with Crippen LogP contribution in [0.25, 0.3) is 0 Å². The van der Waals surface area contributed by atoms with Gasteiger partial charge < -0.3 is 19.1 Å². The van der Waals surface area contributed by atoms with Crippen molar-refractivity contribution in [2.45, 2.75) is 45.3 Å². The number of anilines is 2. The molecule has 1 fully saturated rings. The Bertz CT molecular complexity index is 1620. The Morgan fingerprint density at radius 1 is 1.00 bits per heavy atom. The van der Waals surface area contributed by atoms with E-state index in [2.05, 4.69) is 6.07 Å². The van der Waals surface area contributed by atoms with Crippen molar-refractivity contribution in [3.8, 4) is 23.6 Å². The van der Waals surface area contributed by atoms with Crippen LogP contribution < -0.4 is 19.4 Å². The fraction of sp³-hybridized carbons (Fsp3) is 0.353. The quantitative estimate of drug-likeness (QED) is 0.285. The van der Waals surface area contributed by atoms with Gasteiger partial charge in [-0.3, -0.25) is 9.80 Å². The molecule has 1 saturated heterocycles. The molecule has 0 N–H and O–H groups in total. The summed E-state index contributed by atoms with van der Waals surface area (Å²) in [6.45, 7) is 5.74. The molecule has 0 amide bonds. The second kappa shape index (κ2) is 13.5. The minimum atomic E-state index is -0.350. The molecule has 3 aromatic carbocycles. The highest BCUT2D eigenvalue weighted by Gasteiger charge is 2.37. The summed E-state index contributed by atoms with van der Waals surface area (Å²) in [7, 11) is 1.36. The molecular weight excluding hydrogens is 561 g/mol. The van der Waals surface area contributed by atoms with Crippen molar-refractivity contribution in [3.05, 3.63) is 83.2 Å². The van der Waals surface area contributed by atoms with E-state index in [1.54, 1.807) is 30.3 Å². The number of rotatable bonds is 9. The van der Waals surface area contributed by atoms with Crippen molar-refractivity contribution in [2.75, 3.05) is 36.7 Å². The summed E-state index contributed by atoms with van der Waals surface area (Å²) in [5, 5.41) is 25.5. The number of halogens is 1. The standard InChI is InChI=1S/C34H34FN5O4/c1-4-43-29-11-12-30(35)32(18-29)39-15-13-28(14-16-39)44-27-9-7-26(8-10-27)40-31(19-33(41)42-3)22(2)34(38-40)23-5-6-24(20-36)25(17-23)21-37/h5-12,17-18,22,28,31H,4,13-16,19H2,1-3H3/t22-,31-/m0/s1. The fourth-order valence-electron chi connectivity index (χ4n) is 5.73. The Morgan fingerprint density at radius 3 is 2.36 bits per heavy atom. The number of carbonyl (C=O) groups excluding carboxylic acids is 1. The lowest BCUT2D eigenvalue weighted by molar-refractivity contribution is -0.141. The lowest BCUT2D eigenvalue weighted by Gasteiger charge is -2.34. The fourth-order valence-corrected chi connectivity index (χ4v) is 5.73. The van der Waals surface area contributed by atoms with Crippen LogP contribution in [0.5, 0.6) is 11.5 Å². The lowest BCUT2D eigenvalue weighted by Crippen LogP contribution is -2.38. The van der Waals surface area contributed by atoms with Crippen molar-refractivity contribution < 1.29 is 23.4 Å². The molecule has 0 spiro atoms. The van der Waals surface area contributed by atoms with Crippen LogP contribution in [0.15, 0.2) is 65.8 Å². The number of ether oxygens (including phenoxy) is 3. The SMILES string of the molecule is CCOc1ccc(F)c(N2CCC(Oc3ccc(N4N=C(c5ccc(C#N)c(C#N)c5)[C@@H](C)[C@@H]4CC(=O)OC)cc3)CC2)c1. The number of hydrazone groups is 1. The van der Waals surface area contributed by atoms with E-state index in [0.29, 0.717) is 42.4 Å². The van der Waals surface area contributed by atoms with Gasteiger partial charge in [-0.1, -0.05) is 13.0 Å². The minimum absolute atomic E-state index is 0.00977. The normalized spacial score (nSPS) is 18.3. The highest BCUT2D eigenvalue weighted by atomic mass is 19.1. The summed E-state index contributed by atoms with van der Waals surface area (Å²) in [5.74, 6) is 0.596. The first kappa shape index (κ1) is 30.4. The van der Waals surface area contributed by atoms with Crippen molar-refractivity contribution in [1.82, 2.24) is 0 Å². The van der Waals surface area contributed by atoms with Gasteiger partial charge in [0.1, 0.15) is 35.6 Å². The van der Waals surface area contributed by atoms with Gasteiger partial charge in [0, 0.05) is 37.9 Å². The van der Waals surface area contributed by atoms with E-state index in [0.717, 1.165) is 29.8 Å². The largest absolute Gasteiger partial charge is 0.494 e. The lowest BCUT2D eigenvalue weighted by atomic mass is 9.89. The average Bonchev–Trinajstić information content (AvgIpc) is 3.37. The van der Waals surface area contributed by atoms with E-state index in [1.165, 1.54) is 13.2 Å². The number of hydrogen-bond donors (Lipinski definition) is 0. The molecule has 44 heavy (non-hydrogen) atoms. The maximum Gasteiger partial charge on any atom is 0.307 e. The highest BCUT2D eigenvalue weighted by molar-refractivity contribution is 6.05. The molecule has 10 heteroatoms. The van der Waals surface area contributed by atoms with Gasteiger partial charge in [0.05, 0.1) is 54.4 Å². The average molecular weight is 596 g/mol. The second-order valence-corrected chi connectivity index (χ2v) is 10.8. The first-order valence-electron chi connectivity index (χ1n) is 14.7. The Kier molecular flexibility index (Phi) is 9.30. The van der Waals surface area contributed by atoms with Crippen molar-refractivity contribution in [3.63, 3.8) is 0 Å². The van der Waals surface area contributed by atoms with Crippen LogP contribution in [0, 0.1) is 34.4 Å². The summed E-state index contributed by atoms with van der Waals surface area (Å²) in [4.78, 5) is 14.4. The Morgan fingerprint density at radius 2 is 1.70 bits per heavy atom. The third-order valence-electron chi connectivity index (χ3n) is 8.11. The molecule has 9 nitrogen and oxygen atoms in total. The number of nitrogens with zero attached hydrogens (tertiary/aromatic N) is 5. The molecule has 5 rings (SSSR count). The number of benzene rings is 3. The number of methoxy groups -OCH3 is 1. The van der Waals surface area contributed by atoms with Crippen LogP contribution in [0.2, 0.25) is 0 Å². The van der Waals surface area contributed by atoms with Crippen LogP contribution in [0.3, 0.4) is 0 Å². The summed E-state index contributed by atoms with van der Waals surface area (Å²) in [6, 6.07) is 21.3. The van der Waals surface area contributed by atoms with Gasteiger partial charge in [0.2, 0.25) is 0 Å². The van der Waals surface area contributed by atoms with E-state index in [1.807, 2.05) is 54.1 Å². The predicted octanol–water partition coefficient (Wildman–Crippen LogP) is 5.81. The molecule has 0 aromatic heterocycles. The van der Waals surface area contributed by atoms with Crippen LogP contribution in [0.1, 0.15) is 49.8 Å². The summed E-state index contributed by atoms with van der Waals surface area (Å²) < 4.78 is 31.3. The molecule has 226 valence electrons. The zero-order chi connectivity index (χ0) is 31.2. The van der Waals surface area contributed by atoms with Crippen LogP contribution in [0.4, 0.5) is 15.8 Å². The maximum absolute atomic E-state index is 14.5. The van der Waals surface area contributed by atoms with Gasteiger partial charge in [-0.15, -0.1) is 0 Å². The minimum Gasteiger partial charge on any atom is -0.494 e. The van der Waals surface area contributed by atoms with Crippen molar-refractivity contribution in [2.24, 2.45) is 11.0 Å². The molecule has 0 aliphatic carbocycles. The smallest absolute Gasteiger partial charge is 0.307 e. The van der Waals surface area contributed by atoms with Gasteiger partial charge in [0.15, 0.2) is 0 Å².